The highest BCUT2D eigenvalue weighted by Gasteiger charge is 2.30. The molecule has 22 heavy (non-hydrogen) atoms. The fourth-order valence-corrected chi connectivity index (χ4v) is 3.07. The van der Waals surface area contributed by atoms with Crippen LogP contribution >= 0.6 is 0 Å². The molecule has 2 fully saturated rings. The van der Waals surface area contributed by atoms with E-state index in [0.29, 0.717) is 24.3 Å². The molecule has 1 unspecified atom stereocenters. The lowest BCUT2D eigenvalue weighted by Crippen LogP contribution is -2.37. The van der Waals surface area contributed by atoms with Crippen LogP contribution in [0.4, 0.5) is 6.01 Å². The van der Waals surface area contributed by atoms with Crippen LogP contribution in [0.15, 0.2) is 21.5 Å². The number of aryl methyl sites for hydroxylation is 1. The molecule has 0 aromatic carbocycles. The van der Waals surface area contributed by atoms with E-state index in [4.69, 9.17) is 4.52 Å². The van der Waals surface area contributed by atoms with E-state index < -0.39 is 0 Å². The molecule has 0 N–H and O–H groups in total. The molecule has 116 valence electrons. The predicted molar refractivity (Wildman–Crippen MR) is 79.9 cm³/mol. The summed E-state index contributed by atoms with van der Waals surface area (Å²) in [6, 6.07) is 4.23. The van der Waals surface area contributed by atoms with Crippen molar-refractivity contribution in [3.8, 4) is 0 Å². The zero-order chi connectivity index (χ0) is 15.1. The quantitative estimate of drug-likeness (QED) is 0.851. The maximum absolute atomic E-state index is 12.1. The lowest BCUT2D eigenvalue weighted by Gasteiger charge is -2.22. The third-order valence-electron chi connectivity index (χ3n) is 4.41. The average molecular weight is 301 g/mol. The van der Waals surface area contributed by atoms with E-state index in [0.717, 1.165) is 25.1 Å². The molecule has 0 radical (unpaired) electrons. The minimum Gasteiger partial charge on any atom is -0.320 e. The molecular weight excluding hydrogens is 282 g/mol. The Morgan fingerprint density at radius 3 is 2.91 bits per heavy atom. The third-order valence-corrected chi connectivity index (χ3v) is 4.41. The third kappa shape index (κ3) is 2.51. The van der Waals surface area contributed by atoms with E-state index in [1.54, 1.807) is 10.7 Å². The Balaban J connectivity index is 1.57. The highest BCUT2D eigenvalue weighted by Crippen LogP contribution is 2.38. The van der Waals surface area contributed by atoms with Crippen molar-refractivity contribution < 1.29 is 4.52 Å². The van der Waals surface area contributed by atoms with Crippen molar-refractivity contribution in [2.75, 3.05) is 11.4 Å². The molecule has 0 bridgehead atoms. The molecule has 0 spiro atoms. The lowest BCUT2D eigenvalue weighted by atomic mass is 10.2. The molecular formula is C15H19N5O2. The monoisotopic (exact) mass is 301 g/mol. The van der Waals surface area contributed by atoms with Crippen LogP contribution in [0.1, 0.15) is 43.1 Å². The number of rotatable bonds is 4. The Kier molecular flexibility index (Phi) is 3.20. The van der Waals surface area contributed by atoms with Crippen molar-refractivity contribution in [2.45, 2.75) is 51.1 Å². The fourth-order valence-electron chi connectivity index (χ4n) is 3.07. The normalized spacial score (nSPS) is 21.5. The molecule has 2 aromatic rings. The highest BCUT2D eigenvalue weighted by molar-refractivity contribution is 5.29. The first-order valence-corrected chi connectivity index (χ1v) is 7.86. The second-order valence-electron chi connectivity index (χ2n) is 6.17. The summed E-state index contributed by atoms with van der Waals surface area (Å²) in [5, 5.41) is 8.40. The number of anilines is 1. The molecule has 1 atom stereocenters. The molecule has 1 aliphatic heterocycles. The number of nitrogens with zero attached hydrogens (tertiary/aromatic N) is 5. The Labute approximate surface area is 127 Å². The second kappa shape index (κ2) is 5.23. The van der Waals surface area contributed by atoms with Gasteiger partial charge in [0.1, 0.15) is 0 Å². The summed E-state index contributed by atoms with van der Waals surface area (Å²) in [6.07, 6.45) is 4.43. The smallest absolute Gasteiger partial charge is 0.320 e. The average Bonchev–Trinajstić information content (AvgIpc) is 3.11. The van der Waals surface area contributed by atoms with Gasteiger partial charge in [0.25, 0.3) is 5.56 Å². The van der Waals surface area contributed by atoms with Gasteiger partial charge in [-0.05, 0) is 38.7 Å². The summed E-state index contributed by atoms with van der Waals surface area (Å²) in [5.41, 5.74) is 0.996. The van der Waals surface area contributed by atoms with Crippen LogP contribution in [0.2, 0.25) is 0 Å². The summed E-state index contributed by atoms with van der Waals surface area (Å²) in [5.74, 6) is 1.18. The number of aromatic nitrogens is 4. The van der Waals surface area contributed by atoms with E-state index in [2.05, 4.69) is 20.1 Å². The van der Waals surface area contributed by atoms with E-state index in [1.807, 2.05) is 13.0 Å². The van der Waals surface area contributed by atoms with Gasteiger partial charge in [0, 0.05) is 18.5 Å². The van der Waals surface area contributed by atoms with Gasteiger partial charge in [0.2, 0.25) is 0 Å². The van der Waals surface area contributed by atoms with Gasteiger partial charge in [-0.15, -0.1) is 0 Å². The van der Waals surface area contributed by atoms with Gasteiger partial charge < -0.3 is 9.42 Å². The van der Waals surface area contributed by atoms with Crippen LogP contribution in [-0.4, -0.2) is 32.5 Å². The van der Waals surface area contributed by atoms with Crippen LogP contribution in [0.5, 0.6) is 0 Å². The first kappa shape index (κ1) is 13.5. The van der Waals surface area contributed by atoms with Crippen molar-refractivity contribution in [3.63, 3.8) is 0 Å². The molecule has 1 saturated carbocycles. The lowest BCUT2D eigenvalue weighted by molar-refractivity contribution is 0.393. The summed E-state index contributed by atoms with van der Waals surface area (Å²) < 4.78 is 6.87. The van der Waals surface area contributed by atoms with E-state index >= 15 is 0 Å². The standard InChI is InChI=1S/C15H19N5O2/c1-10-16-15(22-18-10)19-8-2-3-12(19)9-20-14(21)7-6-13(17-20)11-4-5-11/h6-7,11-12H,2-5,8-9H2,1H3. The SMILES string of the molecule is Cc1noc(N2CCCC2Cn2nc(C3CC3)ccc2=O)n1. The second-order valence-corrected chi connectivity index (χ2v) is 6.17. The minimum atomic E-state index is -0.0436. The summed E-state index contributed by atoms with van der Waals surface area (Å²) in [6.45, 7) is 3.26. The van der Waals surface area contributed by atoms with Gasteiger partial charge in [-0.1, -0.05) is 5.16 Å². The Morgan fingerprint density at radius 1 is 1.32 bits per heavy atom. The molecule has 2 aliphatic rings. The van der Waals surface area contributed by atoms with Gasteiger partial charge in [0.05, 0.1) is 18.3 Å². The Hall–Kier alpha value is -2.18. The first-order chi connectivity index (χ1) is 10.7. The number of hydrogen-bond acceptors (Lipinski definition) is 6. The van der Waals surface area contributed by atoms with Crippen molar-refractivity contribution in [1.29, 1.82) is 0 Å². The fraction of sp³-hybridized carbons (Fsp3) is 0.600. The van der Waals surface area contributed by atoms with Crippen molar-refractivity contribution >= 4 is 6.01 Å². The van der Waals surface area contributed by atoms with Gasteiger partial charge in [0.15, 0.2) is 5.82 Å². The maximum atomic E-state index is 12.1. The highest BCUT2D eigenvalue weighted by atomic mass is 16.5. The van der Waals surface area contributed by atoms with Gasteiger partial charge in [-0.3, -0.25) is 4.79 Å². The molecule has 4 rings (SSSR count). The van der Waals surface area contributed by atoms with E-state index in [-0.39, 0.29) is 11.6 Å². The first-order valence-electron chi connectivity index (χ1n) is 7.86. The van der Waals surface area contributed by atoms with Crippen LogP contribution in [-0.2, 0) is 6.54 Å². The Morgan fingerprint density at radius 2 is 2.18 bits per heavy atom. The van der Waals surface area contributed by atoms with Gasteiger partial charge in [-0.25, -0.2) is 4.68 Å². The predicted octanol–water partition coefficient (Wildman–Crippen LogP) is 1.48. The van der Waals surface area contributed by atoms with E-state index in [1.165, 1.54) is 12.8 Å². The summed E-state index contributed by atoms with van der Waals surface area (Å²) in [4.78, 5) is 18.5. The van der Waals surface area contributed by atoms with Crippen molar-refractivity contribution in [3.05, 3.63) is 34.0 Å². The molecule has 1 aliphatic carbocycles. The molecule has 3 heterocycles. The van der Waals surface area contributed by atoms with E-state index in [9.17, 15) is 4.79 Å². The Bertz CT molecular complexity index is 734. The zero-order valence-corrected chi connectivity index (χ0v) is 12.6. The molecule has 7 nitrogen and oxygen atoms in total. The van der Waals surface area contributed by atoms with Gasteiger partial charge >= 0.3 is 6.01 Å². The van der Waals surface area contributed by atoms with Crippen molar-refractivity contribution in [1.82, 2.24) is 19.9 Å². The topological polar surface area (TPSA) is 77.0 Å². The zero-order valence-electron chi connectivity index (χ0n) is 12.6. The number of hydrogen-bond donors (Lipinski definition) is 0. The van der Waals surface area contributed by atoms with Gasteiger partial charge in [-0.2, -0.15) is 10.1 Å². The maximum Gasteiger partial charge on any atom is 0.324 e. The molecule has 7 heteroatoms. The summed E-state index contributed by atoms with van der Waals surface area (Å²) >= 11 is 0. The molecule has 0 amide bonds. The molecule has 1 saturated heterocycles. The van der Waals surface area contributed by atoms with Crippen molar-refractivity contribution in [2.24, 2.45) is 0 Å². The van der Waals surface area contributed by atoms with Crippen LogP contribution in [0.25, 0.3) is 0 Å². The van der Waals surface area contributed by atoms with Crippen LogP contribution in [0.3, 0.4) is 0 Å². The van der Waals surface area contributed by atoms with Crippen LogP contribution in [0, 0.1) is 6.92 Å². The van der Waals surface area contributed by atoms with Crippen LogP contribution < -0.4 is 10.5 Å². The minimum absolute atomic E-state index is 0.0436. The molecule has 2 aromatic heterocycles. The summed E-state index contributed by atoms with van der Waals surface area (Å²) in [7, 11) is 0. The largest absolute Gasteiger partial charge is 0.324 e.